The van der Waals surface area contributed by atoms with E-state index in [1.165, 1.54) is 44.9 Å². The highest BCUT2D eigenvalue weighted by Crippen LogP contribution is 2.22. The van der Waals surface area contributed by atoms with Gasteiger partial charge in [0, 0.05) is 25.5 Å². The van der Waals surface area contributed by atoms with Crippen LogP contribution in [0.2, 0.25) is 0 Å². The van der Waals surface area contributed by atoms with Gasteiger partial charge in [0.2, 0.25) is 0 Å². The Bertz CT molecular complexity index is 699. The zero-order valence-electron chi connectivity index (χ0n) is 21.5. The van der Waals surface area contributed by atoms with Crippen molar-refractivity contribution in [2.45, 2.75) is 96.9 Å². The molecule has 0 saturated carbocycles. The fourth-order valence-corrected chi connectivity index (χ4v) is 3.62. The third-order valence-corrected chi connectivity index (χ3v) is 5.48. The number of allylic oxidation sites excluding steroid dienone is 4. The van der Waals surface area contributed by atoms with Gasteiger partial charge in [-0.15, -0.1) is 0 Å². The van der Waals surface area contributed by atoms with Crippen LogP contribution < -0.4 is 10.1 Å². The summed E-state index contributed by atoms with van der Waals surface area (Å²) in [4.78, 5) is 11.9. The van der Waals surface area contributed by atoms with Crippen molar-refractivity contribution in [3.05, 3.63) is 48.1 Å². The number of phenolic OH excluding ortho intramolecular Hbond substituents is 1. The molecule has 0 aromatic heterocycles. The third-order valence-electron chi connectivity index (χ3n) is 5.48. The Hall–Kier alpha value is -2.27. The minimum atomic E-state index is -0.126. The number of phenols is 1. The molecule has 0 aliphatic rings. The van der Waals surface area contributed by atoms with Crippen molar-refractivity contribution in [2.75, 3.05) is 20.3 Å². The maximum Gasteiger partial charge on any atom is 0.305 e. The molecule has 5 heteroatoms. The number of ether oxygens (including phenoxy) is 2. The molecule has 0 atom stereocenters. The molecule has 1 aromatic carbocycles. The quantitative estimate of drug-likeness (QED) is 0.112. The summed E-state index contributed by atoms with van der Waals surface area (Å²) < 4.78 is 11.0. The lowest BCUT2D eigenvalue weighted by atomic mass is 10.1. The van der Waals surface area contributed by atoms with Gasteiger partial charge in [-0.2, -0.15) is 0 Å². The monoisotopic (exact) mass is 473 g/mol. The molecule has 0 aliphatic heterocycles. The van der Waals surface area contributed by atoms with Crippen LogP contribution in [-0.2, 0) is 16.1 Å². The maximum atomic E-state index is 11.9. The lowest BCUT2D eigenvalue weighted by Gasteiger charge is -2.09. The van der Waals surface area contributed by atoms with Crippen LogP contribution in [0.15, 0.2) is 42.5 Å². The topological polar surface area (TPSA) is 67.8 Å². The maximum absolute atomic E-state index is 11.9. The van der Waals surface area contributed by atoms with Crippen molar-refractivity contribution < 1.29 is 19.4 Å². The molecule has 0 radical (unpaired) electrons. The Balaban J connectivity index is 1.92. The Morgan fingerprint density at radius 2 is 1.59 bits per heavy atom. The first kappa shape index (κ1) is 29.8. The minimum absolute atomic E-state index is 0.126. The zero-order valence-corrected chi connectivity index (χ0v) is 21.5. The fourth-order valence-electron chi connectivity index (χ4n) is 3.62. The van der Waals surface area contributed by atoms with E-state index in [2.05, 4.69) is 36.5 Å². The number of hydrogen-bond donors (Lipinski definition) is 2. The average molecular weight is 474 g/mol. The van der Waals surface area contributed by atoms with Crippen LogP contribution >= 0.6 is 0 Å². The first-order valence-corrected chi connectivity index (χ1v) is 13.2. The summed E-state index contributed by atoms with van der Waals surface area (Å²) in [7, 11) is 1.86. The summed E-state index contributed by atoms with van der Waals surface area (Å²) in [6.45, 7) is 3.71. The average Bonchev–Trinajstić information content (AvgIpc) is 2.81. The number of benzene rings is 1. The summed E-state index contributed by atoms with van der Waals surface area (Å²) in [5, 5.41) is 12.8. The summed E-state index contributed by atoms with van der Waals surface area (Å²) in [5.74, 6) is 0.688. The second-order valence-electron chi connectivity index (χ2n) is 8.77. The van der Waals surface area contributed by atoms with E-state index in [0.717, 1.165) is 31.2 Å². The van der Waals surface area contributed by atoms with Gasteiger partial charge in [-0.3, -0.25) is 4.79 Å². The molecule has 34 heavy (non-hydrogen) atoms. The van der Waals surface area contributed by atoms with Crippen LogP contribution in [0.1, 0.15) is 96.0 Å². The van der Waals surface area contributed by atoms with E-state index < -0.39 is 0 Å². The molecule has 1 aromatic rings. The number of hydrogen-bond acceptors (Lipinski definition) is 5. The first-order chi connectivity index (χ1) is 16.7. The van der Waals surface area contributed by atoms with E-state index in [4.69, 9.17) is 9.47 Å². The SMILES string of the molecule is CCCCC/C=C\C/C=C\CCCCCCCC(=O)OCCCOc1cc(O)cc(CNC)c1. The van der Waals surface area contributed by atoms with Gasteiger partial charge < -0.3 is 19.9 Å². The highest BCUT2D eigenvalue weighted by molar-refractivity contribution is 5.69. The van der Waals surface area contributed by atoms with E-state index in [9.17, 15) is 9.90 Å². The van der Waals surface area contributed by atoms with Crippen LogP contribution in [0.25, 0.3) is 0 Å². The number of aromatic hydroxyl groups is 1. The molecule has 2 N–H and O–H groups in total. The summed E-state index contributed by atoms with van der Waals surface area (Å²) in [6, 6.07) is 5.19. The third kappa shape index (κ3) is 17.2. The number of esters is 1. The van der Waals surface area contributed by atoms with Crippen LogP contribution in [0, 0.1) is 0 Å². The Morgan fingerprint density at radius 1 is 0.882 bits per heavy atom. The molecule has 0 spiro atoms. The largest absolute Gasteiger partial charge is 0.508 e. The van der Waals surface area contributed by atoms with E-state index in [1.807, 2.05) is 13.1 Å². The second kappa shape index (κ2) is 21.3. The summed E-state index contributed by atoms with van der Waals surface area (Å²) in [5.41, 5.74) is 0.960. The number of unbranched alkanes of at least 4 members (excludes halogenated alkanes) is 8. The van der Waals surface area contributed by atoms with Gasteiger partial charge in [-0.1, -0.05) is 63.3 Å². The molecular formula is C29H47NO4. The van der Waals surface area contributed by atoms with Gasteiger partial charge in [0.25, 0.3) is 0 Å². The van der Waals surface area contributed by atoms with Crippen molar-refractivity contribution in [3.8, 4) is 11.5 Å². The van der Waals surface area contributed by atoms with Crippen LogP contribution in [-0.4, -0.2) is 31.3 Å². The van der Waals surface area contributed by atoms with Gasteiger partial charge in [-0.25, -0.2) is 0 Å². The molecule has 192 valence electrons. The molecule has 0 heterocycles. The van der Waals surface area contributed by atoms with Crippen LogP contribution in [0.5, 0.6) is 11.5 Å². The molecule has 0 aliphatic carbocycles. The Kier molecular flexibility index (Phi) is 18.6. The van der Waals surface area contributed by atoms with Gasteiger partial charge in [0.1, 0.15) is 11.5 Å². The van der Waals surface area contributed by atoms with E-state index in [1.54, 1.807) is 12.1 Å². The molecule has 0 saturated heterocycles. The van der Waals surface area contributed by atoms with Crippen molar-refractivity contribution in [2.24, 2.45) is 0 Å². The second-order valence-corrected chi connectivity index (χ2v) is 8.77. The zero-order chi connectivity index (χ0) is 24.7. The number of carbonyl (C=O) groups is 1. The highest BCUT2D eigenvalue weighted by atomic mass is 16.5. The lowest BCUT2D eigenvalue weighted by molar-refractivity contribution is -0.144. The van der Waals surface area contributed by atoms with E-state index in [-0.39, 0.29) is 11.7 Å². The number of nitrogens with one attached hydrogen (secondary N) is 1. The molecule has 0 bridgehead atoms. The molecule has 5 nitrogen and oxygen atoms in total. The number of carbonyl (C=O) groups excluding carboxylic acids is 1. The van der Waals surface area contributed by atoms with Crippen LogP contribution in [0.3, 0.4) is 0 Å². The molecule has 1 rings (SSSR count). The fraction of sp³-hybridized carbons (Fsp3) is 0.621. The van der Waals surface area contributed by atoms with Crippen molar-refractivity contribution in [1.29, 1.82) is 0 Å². The summed E-state index contributed by atoms with van der Waals surface area (Å²) >= 11 is 0. The predicted octanol–water partition coefficient (Wildman–Crippen LogP) is 7.24. The van der Waals surface area contributed by atoms with Crippen molar-refractivity contribution >= 4 is 5.97 Å². The van der Waals surface area contributed by atoms with Gasteiger partial charge >= 0.3 is 5.97 Å². The van der Waals surface area contributed by atoms with Gasteiger partial charge in [0.05, 0.1) is 13.2 Å². The highest BCUT2D eigenvalue weighted by Gasteiger charge is 2.04. The molecule has 0 amide bonds. The summed E-state index contributed by atoms with van der Waals surface area (Å²) in [6.07, 6.45) is 23.2. The van der Waals surface area contributed by atoms with E-state index >= 15 is 0 Å². The van der Waals surface area contributed by atoms with E-state index in [0.29, 0.717) is 38.3 Å². The smallest absolute Gasteiger partial charge is 0.305 e. The standard InChI is InChI=1S/C29H47NO4/c1-3-4-5-6-7-8-9-10-11-12-13-14-15-16-17-19-29(32)34-21-18-20-33-28-23-26(25-30-2)22-27(31)24-28/h7-8,10-11,22-24,30-31H,3-6,9,12-21,25H2,1-2H3/b8-7-,11-10-. The minimum Gasteiger partial charge on any atom is -0.508 e. The molecular weight excluding hydrogens is 426 g/mol. The number of rotatable bonds is 21. The predicted molar refractivity (Wildman–Crippen MR) is 141 cm³/mol. The van der Waals surface area contributed by atoms with Crippen molar-refractivity contribution in [1.82, 2.24) is 5.32 Å². The molecule has 0 unspecified atom stereocenters. The van der Waals surface area contributed by atoms with Gasteiger partial charge in [-0.05, 0) is 63.3 Å². The first-order valence-electron chi connectivity index (χ1n) is 13.2. The molecule has 0 fully saturated rings. The lowest BCUT2D eigenvalue weighted by Crippen LogP contribution is -2.09. The normalized spacial score (nSPS) is 11.5. The Labute approximate surface area is 207 Å². The van der Waals surface area contributed by atoms with Crippen molar-refractivity contribution in [3.63, 3.8) is 0 Å². The Morgan fingerprint density at radius 3 is 2.32 bits per heavy atom. The van der Waals surface area contributed by atoms with Gasteiger partial charge in [0.15, 0.2) is 0 Å². The van der Waals surface area contributed by atoms with Crippen LogP contribution in [0.4, 0.5) is 0 Å².